The van der Waals surface area contributed by atoms with Crippen LogP contribution in [0.4, 0.5) is 0 Å². The molecule has 96 valence electrons. The van der Waals surface area contributed by atoms with Crippen molar-refractivity contribution >= 4 is 10.8 Å². The van der Waals surface area contributed by atoms with Gasteiger partial charge in [0, 0.05) is 10.8 Å². The average molecular weight is 261 g/mol. The van der Waals surface area contributed by atoms with Crippen LogP contribution < -0.4 is 0 Å². The Morgan fingerprint density at radius 2 is 2.00 bits per heavy atom. The molecule has 1 heterocycles. The number of nitrogens with zero attached hydrogens (tertiary/aromatic N) is 3. The molecule has 1 aromatic heterocycles. The summed E-state index contributed by atoms with van der Waals surface area (Å²) in [7, 11) is 0. The second-order valence-electron chi connectivity index (χ2n) is 4.61. The van der Waals surface area contributed by atoms with Crippen molar-refractivity contribution in [2.75, 3.05) is 0 Å². The summed E-state index contributed by atoms with van der Waals surface area (Å²) >= 11 is 0. The maximum absolute atomic E-state index is 9.65. The first-order chi connectivity index (χ1) is 9.69. The van der Waals surface area contributed by atoms with Crippen LogP contribution in [0.5, 0.6) is 5.88 Å². The molecule has 0 bridgehead atoms. The molecule has 3 rings (SSSR count). The minimum atomic E-state index is -0.0726. The largest absolute Gasteiger partial charge is 0.492 e. The van der Waals surface area contributed by atoms with E-state index in [-0.39, 0.29) is 5.88 Å². The van der Waals surface area contributed by atoms with Gasteiger partial charge in [-0.3, -0.25) is 0 Å². The van der Waals surface area contributed by atoms with Crippen molar-refractivity contribution in [2.24, 2.45) is 0 Å². The van der Waals surface area contributed by atoms with Gasteiger partial charge < -0.3 is 5.11 Å². The number of aryl methyl sites for hydroxylation is 1. The van der Waals surface area contributed by atoms with Gasteiger partial charge in [0.1, 0.15) is 0 Å². The van der Waals surface area contributed by atoms with Gasteiger partial charge in [-0.05, 0) is 47.9 Å². The first-order valence-corrected chi connectivity index (χ1v) is 6.14. The molecular weight excluding hydrogens is 250 g/mol. The van der Waals surface area contributed by atoms with Gasteiger partial charge in [-0.1, -0.05) is 12.1 Å². The number of nitriles is 1. The molecule has 4 nitrogen and oxygen atoms in total. The van der Waals surface area contributed by atoms with E-state index in [1.165, 1.54) is 0 Å². The Morgan fingerprint density at radius 3 is 2.80 bits per heavy atom. The highest BCUT2D eigenvalue weighted by atomic mass is 16.3. The zero-order chi connectivity index (χ0) is 14.1. The van der Waals surface area contributed by atoms with Gasteiger partial charge >= 0.3 is 0 Å². The van der Waals surface area contributed by atoms with Crippen LogP contribution in [0.2, 0.25) is 0 Å². The molecule has 3 aromatic rings. The third kappa shape index (κ3) is 1.95. The molecule has 0 aliphatic rings. The van der Waals surface area contributed by atoms with Crippen LogP contribution in [0, 0.1) is 18.3 Å². The van der Waals surface area contributed by atoms with Crippen molar-refractivity contribution in [3.8, 4) is 23.1 Å². The second kappa shape index (κ2) is 4.63. The lowest BCUT2D eigenvalue weighted by atomic mass is 9.97. The summed E-state index contributed by atoms with van der Waals surface area (Å²) in [5.74, 6) is -0.0726. The van der Waals surface area contributed by atoms with Crippen molar-refractivity contribution in [1.29, 1.82) is 5.26 Å². The Hall–Kier alpha value is -2.93. The monoisotopic (exact) mass is 261 g/mol. The van der Waals surface area contributed by atoms with Crippen molar-refractivity contribution in [2.45, 2.75) is 6.92 Å². The van der Waals surface area contributed by atoms with E-state index in [0.29, 0.717) is 10.9 Å². The van der Waals surface area contributed by atoms with Gasteiger partial charge in [0.25, 0.3) is 0 Å². The zero-order valence-corrected chi connectivity index (χ0v) is 10.8. The molecule has 0 fully saturated rings. The molecule has 0 radical (unpaired) electrons. The SMILES string of the molecule is Cc1ccc(C#N)cc1-c1ccc2c(O)nncc2c1. The Kier molecular flexibility index (Phi) is 2.81. The van der Waals surface area contributed by atoms with E-state index in [4.69, 9.17) is 5.26 Å². The number of aromatic hydroxyl groups is 1. The molecule has 20 heavy (non-hydrogen) atoms. The predicted molar refractivity (Wildman–Crippen MR) is 76.1 cm³/mol. The van der Waals surface area contributed by atoms with Crippen LogP contribution in [-0.2, 0) is 0 Å². The van der Waals surface area contributed by atoms with Crippen molar-refractivity contribution in [3.05, 3.63) is 53.7 Å². The molecule has 0 amide bonds. The molecule has 2 aromatic carbocycles. The van der Waals surface area contributed by atoms with E-state index in [1.807, 2.05) is 37.3 Å². The van der Waals surface area contributed by atoms with E-state index >= 15 is 0 Å². The summed E-state index contributed by atoms with van der Waals surface area (Å²) in [5.41, 5.74) is 3.71. The number of aromatic nitrogens is 2. The first-order valence-electron chi connectivity index (χ1n) is 6.14. The maximum atomic E-state index is 9.65. The number of rotatable bonds is 1. The molecule has 0 aliphatic carbocycles. The molecule has 0 spiro atoms. The smallest absolute Gasteiger partial charge is 0.238 e. The first kappa shape index (κ1) is 12.1. The Morgan fingerprint density at radius 1 is 1.15 bits per heavy atom. The van der Waals surface area contributed by atoms with Crippen molar-refractivity contribution in [3.63, 3.8) is 0 Å². The number of hydrogen-bond donors (Lipinski definition) is 1. The van der Waals surface area contributed by atoms with Crippen LogP contribution in [0.3, 0.4) is 0 Å². The molecule has 4 heteroatoms. The fraction of sp³-hybridized carbons (Fsp3) is 0.0625. The Labute approximate surface area is 115 Å². The van der Waals surface area contributed by atoms with Gasteiger partial charge in [-0.25, -0.2) is 0 Å². The summed E-state index contributed by atoms with van der Waals surface area (Å²) in [6.45, 7) is 2.00. The fourth-order valence-corrected chi connectivity index (χ4v) is 2.24. The van der Waals surface area contributed by atoms with E-state index < -0.39 is 0 Å². The van der Waals surface area contributed by atoms with E-state index in [1.54, 1.807) is 12.3 Å². The molecule has 0 aliphatic heterocycles. The van der Waals surface area contributed by atoms with Crippen LogP contribution in [0.1, 0.15) is 11.1 Å². The standard InChI is InChI=1S/C16H11N3O/c1-10-2-3-11(8-17)6-15(10)12-4-5-14-13(7-12)9-18-19-16(14)20/h2-7,9H,1H3,(H,19,20). The van der Waals surface area contributed by atoms with E-state index in [9.17, 15) is 5.11 Å². The molecule has 0 unspecified atom stereocenters. The van der Waals surface area contributed by atoms with Gasteiger partial charge in [0.05, 0.1) is 17.8 Å². The van der Waals surface area contributed by atoms with Crippen LogP contribution >= 0.6 is 0 Å². The topological polar surface area (TPSA) is 69.8 Å². The average Bonchev–Trinajstić information content (AvgIpc) is 2.48. The second-order valence-corrected chi connectivity index (χ2v) is 4.61. The van der Waals surface area contributed by atoms with Crippen LogP contribution in [-0.4, -0.2) is 15.3 Å². The zero-order valence-electron chi connectivity index (χ0n) is 10.8. The predicted octanol–water partition coefficient (Wildman–Crippen LogP) is 3.18. The molecule has 0 saturated heterocycles. The lowest BCUT2D eigenvalue weighted by Gasteiger charge is -2.08. The number of hydrogen-bond acceptors (Lipinski definition) is 4. The minimum Gasteiger partial charge on any atom is -0.492 e. The fourth-order valence-electron chi connectivity index (χ4n) is 2.24. The summed E-state index contributed by atoms with van der Waals surface area (Å²) in [6, 6.07) is 13.4. The number of benzene rings is 2. The third-order valence-electron chi connectivity index (χ3n) is 3.32. The Balaban J connectivity index is 2.23. The minimum absolute atomic E-state index is 0.0726. The highest BCUT2D eigenvalue weighted by Gasteiger charge is 2.07. The van der Waals surface area contributed by atoms with Gasteiger partial charge in [-0.15, -0.1) is 5.10 Å². The molecular formula is C16H11N3O. The Bertz CT molecular complexity index is 850. The van der Waals surface area contributed by atoms with Gasteiger partial charge in [0.15, 0.2) is 0 Å². The number of fused-ring (bicyclic) bond motifs is 1. The van der Waals surface area contributed by atoms with Crippen molar-refractivity contribution in [1.82, 2.24) is 10.2 Å². The molecule has 1 N–H and O–H groups in total. The normalized spacial score (nSPS) is 10.4. The lowest BCUT2D eigenvalue weighted by molar-refractivity contribution is 0.452. The molecule has 0 saturated carbocycles. The summed E-state index contributed by atoms with van der Waals surface area (Å²) in [6.07, 6.45) is 1.61. The van der Waals surface area contributed by atoms with Crippen LogP contribution in [0.25, 0.3) is 21.9 Å². The van der Waals surface area contributed by atoms with Crippen LogP contribution in [0.15, 0.2) is 42.6 Å². The molecule has 0 atom stereocenters. The quantitative estimate of drug-likeness (QED) is 0.730. The van der Waals surface area contributed by atoms with Gasteiger partial charge in [0.2, 0.25) is 5.88 Å². The third-order valence-corrected chi connectivity index (χ3v) is 3.32. The highest BCUT2D eigenvalue weighted by molar-refractivity contribution is 5.90. The highest BCUT2D eigenvalue weighted by Crippen LogP contribution is 2.29. The lowest BCUT2D eigenvalue weighted by Crippen LogP contribution is -1.87. The van der Waals surface area contributed by atoms with Crippen molar-refractivity contribution < 1.29 is 5.11 Å². The van der Waals surface area contributed by atoms with E-state index in [0.717, 1.165) is 22.1 Å². The summed E-state index contributed by atoms with van der Waals surface area (Å²) < 4.78 is 0. The summed E-state index contributed by atoms with van der Waals surface area (Å²) in [4.78, 5) is 0. The summed E-state index contributed by atoms with van der Waals surface area (Å²) in [5, 5.41) is 27.5. The van der Waals surface area contributed by atoms with E-state index in [2.05, 4.69) is 16.3 Å². The maximum Gasteiger partial charge on any atom is 0.238 e. The van der Waals surface area contributed by atoms with Gasteiger partial charge in [-0.2, -0.15) is 10.4 Å².